The van der Waals surface area contributed by atoms with Crippen LogP contribution in [0.3, 0.4) is 0 Å². The lowest BCUT2D eigenvalue weighted by atomic mass is 10.1. The van der Waals surface area contributed by atoms with Gasteiger partial charge in [-0.1, -0.05) is 13.0 Å². The summed E-state index contributed by atoms with van der Waals surface area (Å²) in [7, 11) is 3.91. The molecule has 5 heteroatoms. The van der Waals surface area contributed by atoms with Crippen molar-refractivity contribution in [2.24, 2.45) is 0 Å². The zero-order valence-corrected chi connectivity index (χ0v) is 13.0. The van der Waals surface area contributed by atoms with Gasteiger partial charge in [-0.3, -0.25) is 9.59 Å². The van der Waals surface area contributed by atoms with Crippen molar-refractivity contribution in [1.82, 2.24) is 9.80 Å². The lowest BCUT2D eigenvalue weighted by molar-refractivity contribution is -0.132. The van der Waals surface area contributed by atoms with Crippen LogP contribution in [-0.2, 0) is 4.79 Å². The first kappa shape index (κ1) is 15.4. The van der Waals surface area contributed by atoms with Gasteiger partial charge in [0.25, 0.3) is 5.91 Å². The van der Waals surface area contributed by atoms with Crippen LogP contribution in [0, 0.1) is 0 Å². The number of amides is 2. The number of benzene rings is 1. The highest BCUT2D eigenvalue weighted by Crippen LogP contribution is 2.16. The number of carbonyl (C=O) groups is 2. The molecular formula is C16H23N3O2. The van der Waals surface area contributed by atoms with Gasteiger partial charge in [-0.05, 0) is 18.2 Å². The number of hydrogen-bond acceptors (Lipinski definition) is 3. The number of anilines is 1. The summed E-state index contributed by atoms with van der Waals surface area (Å²) < 4.78 is 0. The summed E-state index contributed by atoms with van der Waals surface area (Å²) >= 11 is 0. The molecule has 1 aliphatic heterocycles. The Morgan fingerprint density at radius 2 is 1.71 bits per heavy atom. The maximum absolute atomic E-state index is 12.5. The molecule has 0 N–H and O–H groups in total. The summed E-state index contributed by atoms with van der Waals surface area (Å²) in [5.41, 5.74) is 1.72. The van der Waals surface area contributed by atoms with Crippen LogP contribution >= 0.6 is 0 Å². The molecule has 21 heavy (non-hydrogen) atoms. The second kappa shape index (κ2) is 6.61. The van der Waals surface area contributed by atoms with Crippen LogP contribution in [0.15, 0.2) is 24.3 Å². The van der Waals surface area contributed by atoms with Crippen molar-refractivity contribution in [3.05, 3.63) is 29.8 Å². The molecule has 0 spiro atoms. The first-order chi connectivity index (χ1) is 10.0. The Morgan fingerprint density at radius 1 is 1.10 bits per heavy atom. The van der Waals surface area contributed by atoms with Crippen LogP contribution in [0.2, 0.25) is 0 Å². The van der Waals surface area contributed by atoms with Crippen LogP contribution in [-0.4, -0.2) is 61.9 Å². The molecular weight excluding hydrogens is 266 g/mol. The van der Waals surface area contributed by atoms with E-state index >= 15 is 0 Å². The minimum absolute atomic E-state index is 0.0438. The van der Waals surface area contributed by atoms with Gasteiger partial charge < -0.3 is 14.7 Å². The third-order valence-electron chi connectivity index (χ3n) is 3.83. The lowest BCUT2D eigenvalue weighted by Crippen LogP contribution is -2.50. The third-order valence-corrected chi connectivity index (χ3v) is 3.83. The van der Waals surface area contributed by atoms with Crippen LogP contribution in [0.4, 0.5) is 5.69 Å². The molecule has 1 aromatic rings. The van der Waals surface area contributed by atoms with Gasteiger partial charge in [0.15, 0.2) is 0 Å². The van der Waals surface area contributed by atoms with Gasteiger partial charge in [-0.15, -0.1) is 0 Å². The molecule has 0 radical (unpaired) electrons. The van der Waals surface area contributed by atoms with E-state index in [2.05, 4.69) is 0 Å². The molecule has 1 saturated heterocycles. The number of carbonyl (C=O) groups excluding carboxylic acids is 2. The maximum atomic E-state index is 12.5. The fraction of sp³-hybridized carbons (Fsp3) is 0.500. The normalized spacial score (nSPS) is 15.0. The summed E-state index contributed by atoms with van der Waals surface area (Å²) in [6.07, 6.45) is 0.527. The van der Waals surface area contributed by atoms with Crippen LogP contribution in [0.1, 0.15) is 23.7 Å². The van der Waals surface area contributed by atoms with Gasteiger partial charge in [0.05, 0.1) is 0 Å². The van der Waals surface area contributed by atoms with Gasteiger partial charge in [0.2, 0.25) is 5.91 Å². The average Bonchev–Trinajstić information content (AvgIpc) is 2.53. The average molecular weight is 289 g/mol. The van der Waals surface area contributed by atoms with Crippen molar-refractivity contribution in [3.63, 3.8) is 0 Å². The Morgan fingerprint density at radius 3 is 2.29 bits per heavy atom. The summed E-state index contributed by atoms with van der Waals surface area (Å²) in [6, 6.07) is 7.64. The second-order valence-corrected chi connectivity index (χ2v) is 5.47. The van der Waals surface area contributed by atoms with E-state index < -0.39 is 0 Å². The summed E-state index contributed by atoms with van der Waals surface area (Å²) in [5.74, 6) is 0.207. The molecule has 0 bridgehead atoms. The standard InChI is InChI=1S/C16H23N3O2/c1-4-15(20)18-8-10-19(11-9-18)16(21)13-6-5-7-14(12-13)17(2)3/h5-7,12H,4,8-11H2,1-3H3. The SMILES string of the molecule is CCC(=O)N1CCN(C(=O)c2cccc(N(C)C)c2)CC1. The molecule has 5 nitrogen and oxygen atoms in total. The fourth-order valence-electron chi connectivity index (χ4n) is 2.48. The van der Waals surface area contributed by atoms with E-state index in [-0.39, 0.29) is 11.8 Å². The predicted molar refractivity (Wildman–Crippen MR) is 83.5 cm³/mol. The molecule has 1 aromatic carbocycles. The van der Waals surface area contributed by atoms with Crippen molar-refractivity contribution in [1.29, 1.82) is 0 Å². The van der Waals surface area contributed by atoms with Gasteiger partial charge in [0, 0.05) is 57.9 Å². The Kier molecular flexibility index (Phi) is 4.83. The molecule has 0 atom stereocenters. The highest BCUT2D eigenvalue weighted by molar-refractivity contribution is 5.95. The smallest absolute Gasteiger partial charge is 0.254 e. The Hall–Kier alpha value is -2.04. The first-order valence-electron chi connectivity index (χ1n) is 7.37. The number of nitrogens with zero attached hydrogens (tertiary/aromatic N) is 3. The minimum atomic E-state index is 0.0438. The van der Waals surface area contributed by atoms with Gasteiger partial charge >= 0.3 is 0 Å². The molecule has 114 valence electrons. The second-order valence-electron chi connectivity index (χ2n) is 5.47. The molecule has 2 amide bonds. The molecule has 0 unspecified atom stereocenters. The van der Waals surface area contributed by atoms with E-state index in [0.717, 1.165) is 5.69 Å². The van der Waals surface area contributed by atoms with E-state index in [0.29, 0.717) is 38.2 Å². The molecule has 0 saturated carbocycles. The summed E-state index contributed by atoms with van der Waals surface area (Å²) in [5, 5.41) is 0. The van der Waals surface area contributed by atoms with E-state index in [1.165, 1.54) is 0 Å². The lowest BCUT2D eigenvalue weighted by Gasteiger charge is -2.34. The van der Waals surface area contributed by atoms with Crippen molar-refractivity contribution >= 4 is 17.5 Å². The van der Waals surface area contributed by atoms with Gasteiger partial charge in [0.1, 0.15) is 0 Å². The summed E-state index contributed by atoms with van der Waals surface area (Å²) in [4.78, 5) is 29.8. The first-order valence-corrected chi connectivity index (χ1v) is 7.37. The van der Waals surface area contributed by atoms with E-state index in [4.69, 9.17) is 0 Å². The molecule has 0 aliphatic carbocycles. The van der Waals surface area contributed by atoms with E-state index in [1.54, 1.807) is 0 Å². The predicted octanol–water partition coefficient (Wildman–Crippen LogP) is 1.45. The molecule has 1 heterocycles. The van der Waals surface area contributed by atoms with Crippen molar-refractivity contribution in [2.75, 3.05) is 45.2 Å². The van der Waals surface area contributed by atoms with E-state index in [9.17, 15) is 9.59 Å². The molecule has 1 aliphatic rings. The number of rotatable bonds is 3. The fourth-order valence-corrected chi connectivity index (χ4v) is 2.48. The Labute approximate surface area is 126 Å². The van der Waals surface area contributed by atoms with Gasteiger partial charge in [-0.2, -0.15) is 0 Å². The van der Waals surface area contributed by atoms with Crippen LogP contribution in [0.25, 0.3) is 0 Å². The molecule has 0 aromatic heterocycles. The monoisotopic (exact) mass is 289 g/mol. The number of hydrogen-bond donors (Lipinski definition) is 0. The zero-order chi connectivity index (χ0) is 15.4. The Bertz CT molecular complexity index is 520. The van der Waals surface area contributed by atoms with Crippen molar-refractivity contribution in [2.45, 2.75) is 13.3 Å². The number of piperazine rings is 1. The highest BCUT2D eigenvalue weighted by Gasteiger charge is 2.24. The van der Waals surface area contributed by atoms with Crippen molar-refractivity contribution in [3.8, 4) is 0 Å². The molecule has 1 fully saturated rings. The van der Waals surface area contributed by atoms with Gasteiger partial charge in [-0.25, -0.2) is 0 Å². The highest BCUT2D eigenvalue weighted by atomic mass is 16.2. The van der Waals surface area contributed by atoms with Crippen LogP contribution in [0.5, 0.6) is 0 Å². The third kappa shape index (κ3) is 3.54. The van der Waals surface area contributed by atoms with Crippen molar-refractivity contribution < 1.29 is 9.59 Å². The quantitative estimate of drug-likeness (QED) is 0.846. The molecule has 2 rings (SSSR count). The summed E-state index contributed by atoms with van der Waals surface area (Å²) in [6.45, 7) is 4.34. The topological polar surface area (TPSA) is 43.9 Å². The van der Waals surface area contributed by atoms with Crippen LogP contribution < -0.4 is 4.90 Å². The zero-order valence-electron chi connectivity index (χ0n) is 13.0. The largest absolute Gasteiger partial charge is 0.378 e. The van der Waals surface area contributed by atoms with E-state index in [1.807, 2.05) is 60.0 Å². The Balaban J connectivity index is 2.02. The maximum Gasteiger partial charge on any atom is 0.254 e. The minimum Gasteiger partial charge on any atom is -0.378 e.